The zero-order valence-corrected chi connectivity index (χ0v) is 19.8. The minimum Gasteiger partial charge on any atom is -0.512 e. The van der Waals surface area contributed by atoms with Gasteiger partial charge in [-0.15, -0.1) is 0 Å². The maximum atomic E-state index is 11.5. The number of aliphatic hydroxyl groups is 8. The van der Waals surface area contributed by atoms with Gasteiger partial charge in [-0.25, -0.2) is 0 Å². The molecule has 0 aliphatic heterocycles. The van der Waals surface area contributed by atoms with Crippen molar-refractivity contribution in [3.8, 4) is 0 Å². The molecular formula is C23H41N3O8. The molecule has 0 amide bonds. The topological polar surface area (TPSA) is 203 Å². The summed E-state index contributed by atoms with van der Waals surface area (Å²) in [6.07, 6.45) is -5.89. The number of fused-ring (bicyclic) bond motifs is 3. The van der Waals surface area contributed by atoms with Crippen LogP contribution in [0.2, 0.25) is 0 Å². The van der Waals surface area contributed by atoms with Gasteiger partial charge in [-0.2, -0.15) is 0 Å². The summed E-state index contributed by atoms with van der Waals surface area (Å²) in [6, 6.07) is -0.138. The van der Waals surface area contributed by atoms with Gasteiger partial charge >= 0.3 is 0 Å². The maximum Gasteiger partial charge on any atom is 0.130 e. The summed E-state index contributed by atoms with van der Waals surface area (Å²) in [5.74, 6) is -2.77. The predicted octanol–water partition coefficient (Wildman–Crippen LogP) is -2.83. The van der Waals surface area contributed by atoms with Crippen molar-refractivity contribution < 1.29 is 40.9 Å². The molecular weight excluding hydrogens is 446 g/mol. The lowest BCUT2D eigenvalue weighted by Crippen LogP contribution is -2.71. The summed E-state index contributed by atoms with van der Waals surface area (Å²) in [4.78, 5) is 1.86. The minimum absolute atomic E-state index is 0.0620. The van der Waals surface area contributed by atoms with Crippen molar-refractivity contribution >= 4 is 0 Å². The van der Waals surface area contributed by atoms with E-state index in [0.29, 0.717) is 32.2 Å². The third-order valence-corrected chi connectivity index (χ3v) is 8.99. The Labute approximate surface area is 199 Å². The van der Waals surface area contributed by atoms with Gasteiger partial charge in [-0.1, -0.05) is 0 Å². The second-order valence-corrected chi connectivity index (χ2v) is 11.2. The quantitative estimate of drug-likeness (QED) is 0.179. The zero-order chi connectivity index (χ0) is 25.1. The van der Waals surface area contributed by atoms with Gasteiger partial charge in [0.1, 0.15) is 24.2 Å². The molecule has 11 N–H and O–H groups in total. The molecule has 3 fully saturated rings. The predicted molar refractivity (Wildman–Crippen MR) is 121 cm³/mol. The third-order valence-electron chi connectivity index (χ3n) is 8.99. The van der Waals surface area contributed by atoms with Crippen molar-refractivity contribution in [3.05, 3.63) is 11.3 Å². The average molecular weight is 488 g/mol. The molecule has 0 bridgehead atoms. The number of likely N-dealkylation sites (N-methyl/N-ethyl adjacent to an activating group) is 1. The fourth-order valence-electron chi connectivity index (χ4n) is 7.53. The maximum absolute atomic E-state index is 11.5. The van der Waals surface area contributed by atoms with Crippen molar-refractivity contribution in [2.75, 3.05) is 20.6 Å². The van der Waals surface area contributed by atoms with Crippen LogP contribution < -0.4 is 11.1 Å². The van der Waals surface area contributed by atoms with Crippen molar-refractivity contribution in [1.82, 2.24) is 10.2 Å². The Bertz CT molecular complexity index is 781. The molecule has 3 saturated carbocycles. The molecule has 4 aliphatic carbocycles. The Kier molecular flexibility index (Phi) is 7.36. The second kappa shape index (κ2) is 9.55. The molecule has 0 spiro atoms. The highest BCUT2D eigenvalue weighted by Gasteiger charge is 2.65. The fraction of sp³-hybridized carbons (Fsp3) is 0.913. The molecule has 0 saturated heterocycles. The lowest BCUT2D eigenvalue weighted by Gasteiger charge is -2.61. The standard InChI is InChI=1S/C23H41N3O8/c1-26(2)8-15(29)25-12-3-4-13(27)17-11(12)6-9-5-10-7-14(28)18(22(24)33)21(32)23(10,34)20(31)16(9)19(17)30/h9-13,15-17,19-22,25,27-34H,3-8,24H2,1-2H3/t9-,10+,11?,12?,13?,15?,16?,17?,19?,20?,21?,22?,23+/m1/s1. The van der Waals surface area contributed by atoms with Gasteiger partial charge in [-0.3, -0.25) is 5.32 Å². The highest BCUT2D eigenvalue weighted by molar-refractivity contribution is 5.30. The largest absolute Gasteiger partial charge is 0.512 e. The highest BCUT2D eigenvalue weighted by Crippen LogP contribution is 2.57. The molecule has 11 nitrogen and oxygen atoms in total. The van der Waals surface area contributed by atoms with E-state index in [1.807, 2.05) is 19.0 Å². The van der Waals surface area contributed by atoms with E-state index in [-0.39, 0.29) is 35.6 Å². The Balaban J connectivity index is 1.62. The normalized spacial score (nSPS) is 48.7. The first-order valence-corrected chi connectivity index (χ1v) is 12.3. The number of aliphatic hydroxyl groups excluding tert-OH is 7. The molecule has 13 atom stereocenters. The fourth-order valence-corrected chi connectivity index (χ4v) is 7.53. The van der Waals surface area contributed by atoms with Gasteiger partial charge in [0, 0.05) is 42.3 Å². The first kappa shape index (κ1) is 26.2. The van der Waals surface area contributed by atoms with E-state index in [0.717, 1.165) is 0 Å². The van der Waals surface area contributed by atoms with Gasteiger partial charge in [0.15, 0.2) is 0 Å². The molecule has 196 valence electrons. The Morgan fingerprint density at radius 1 is 1.09 bits per heavy atom. The van der Waals surface area contributed by atoms with E-state index >= 15 is 0 Å². The number of hydrogen-bond donors (Lipinski definition) is 10. The third kappa shape index (κ3) is 4.19. The van der Waals surface area contributed by atoms with Crippen LogP contribution in [0.25, 0.3) is 0 Å². The van der Waals surface area contributed by atoms with Crippen LogP contribution in [0, 0.1) is 29.6 Å². The van der Waals surface area contributed by atoms with Crippen LogP contribution in [-0.2, 0) is 0 Å². The number of nitrogens with one attached hydrogen (secondary N) is 1. The van der Waals surface area contributed by atoms with Gasteiger partial charge in [0.25, 0.3) is 0 Å². The van der Waals surface area contributed by atoms with E-state index in [9.17, 15) is 40.9 Å². The number of nitrogens with two attached hydrogens (primary N) is 1. The zero-order valence-electron chi connectivity index (χ0n) is 19.8. The average Bonchev–Trinajstić information content (AvgIpc) is 2.71. The smallest absolute Gasteiger partial charge is 0.130 e. The number of hydrogen-bond acceptors (Lipinski definition) is 11. The molecule has 10 unspecified atom stereocenters. The summed E-state index contributed by atoms with van der Waals surface area (Å²) in [5.41, 5.74) is 3.07. The van der Waals surface area contributed by atoms with E-state index in [1.54, 1.807) is 0 Å². The van der Waals surface area contributed by atoms with Gasteiger partial charge in [0.05, 0.1) is 24.1 Å². The Morgan fingerprint density at radius 3 is 2.38 bits per heavy atom. The molecule has 0 heterocycles. The van der Waals surface area contributed by atoms with Gasteiger partial charge in [-0.05, 0) is 51.6 Å². The molecule has 11 heteroatoms. The molecule has 0 aromatic carbocycles. The van der Waals surface area contributed by atoms with Gasteiger partial charge in [0.2, 0.25) is 0 Å². The van der Waals surface area contributed by atoms with Crippen molar-refractivity contribution in [3.63, 3.8) is 0 Å². The van der Waals surface area contributed by atoms with Crippen LogP contribution in [-0.4, -0.2) is 115 Å². The van der Waals surface area contributed by atoms with Crippen molar-refractivity contribution in [2.24, 2.45) is 35.3 Å². The molecule has 0 radical (unpaired) electrons. The van der Waals surface area contributed by atoms with Crippen LogP contribution >= 0.6 is 0 Å². The number of allylic oxidation sites excluding steroid dienone is 1. The lowest BCUT2D eigenvalue weighted by atomic mass is 9.49. The molecule has 0 aromatic heterocycles. The van der Waals surface area contributed by atoms with E-state index in [2.05, 4.69) is 5.32 Å². The summed E-state index contributed by atoms with van der Waals surface area (Å²) in [6.45, 7) is 0.414. The van der Waals surface area contributed by atoms with Crippen LogP contribution in [0.4, 0.5) is 0 Å². The van der Waals surface area contributed by atoms with Crippen molar-refractivity contribution in [1.29, 1.82) is 0 Å². The van der Waals surface area contributed by atoms with Crippen LogP contribution in [0.15, 0.2) is 11.3 Å². The monoisotopic (exact) mass is 487 g/mol. The lowest BCUT2D eigenvalue weighted by molar-refractivity contribution is -0.259. The summed E-state index contributed by atoms with van der Waals surface area (Å²) in [5, 5.41) is 89.8. The molecule has 34 heavy (non-hydrogen) atoms. The summed E-state index contributed by atoms with van der Waals surface area (Å²) in [7, 11) is 3.71. The Morgan fingerprint density at radius 2 is 1.76 bits per heavy atom. The van der Waals surface area contributed by atoms with Crippen LogP contribution in [0.1, 0.15) is 32.1 Å². The van der Waals surface area contributed by atoms with E-state index in [4.69, 9.17) is 5.73 Å². The van der Waals surface area contributed by atoms with Crippen LogP contribution in [0.5, 0.6) is 0 Å². The Hall–Kier alpha value is -0.860. The number of nitrogens with zero attached hydrogens (tertiary/aromatic N) is 1. The second-order valence-electron chi connectivity index (χ2n) is 11.2. The summed E-state index contributed by atoms with van der Waals surface area (Å²) < 4.78 is 0. The molecule has 4 aliphatic rings. The number of rotatable bonds is 5. The van der Waals surface area contributed by atoms with Crippen molar-refractivity contribution in [2.45, 2.75) is 80.6 Å². The molecule has 0 aromatic rings. The SMILES string of the molecule is CN(C)CC(O)NC1CCC(O)C2C(O)C3C(O)[C@]4(O)C(O)C(C(N)O)=C(O)C[C@@H]4C[C@@H]3CC12. The van der Waals surface area contributed by atoms with Crippen LogP contribution in [0.3, 0.4) is 0 Å². The minimum atomic E-state index is -2.10. The first-order chi connectivity index (χ1) is 15.9. The summed E-state index contributed by atoms with van der Waals surface area (Å²) >= 11 is 0. The van der Waals surface area contributed by atoms with E-state index in [1.165, 1.54) is 0 Å². The van der Waals surface area contributed by atoms with E-state index < -0.39 is 60.2 Å². The molecule has 4 rings (SSSR count). The highest BCUT2D eigenvalue weighted by atomic mass is 16.4. The van der Waals surface area contributed by atoms with Gasteiger partial charge < -0.3 is 51.5 Å². The first-order valence-electron chi connectivity index (χ1n) is 12.3.